The molecule has 3 rings (SSSR count). The number of aromatic nitrogens is 2. The molecule has 1 unspecified atom stereocenters. The van der Waals surface area contributed by atoms with Gasteiger partial charge in [-0.2, -0.15) is 0 Å². The molecule has 5 heteroatoms. The van der Waals surface area contributed by atoms with E-state index in [2.05, 4.69) is 39.9 Å². The normalized spacial score (nSPS) is 11.6. The van der Waals surface area contributed by atoms with E-state index in [1.165, 1.54) is 5.56 Å². The van der Waals surface area contributed by atoms with Crippen LogP contribution in [0.2, 0.25) is 0 Å². The van der Waals surface area contributed by atoms with Gasteiger partial charge in [0.1, 0.15) is 5.82 Å². The number of nitrogens with one attached hydrogen (secondary N) is 2. The van der Waals surface area contributed by atoms with Gasteiger partial charge in [0, 0.05) is 11.6 Å². The maximum atomic E-state index is 12.2. The highest BCUT2D eigenvalue weighted by atomic mass is 16.1. The molecular formula is C20H20N4O. The third-order valence-electron chi connectivity index (χ3n) is 3.85. The molecule has 2 N–H and O–H groups in total. The number of rotatable bonds is 5. The van der Waals surface area contributed by atoms with Crippen LogP contribution < -0.4 is 10.6 Å². The fourth-order valence-corrected chi connectivity index (χ4v) is 2.50. The van der Waals surface area contributed by atoms with Gasteiger partial charge < -0.3 is 10.6 Å². The Morgan fingerprint density at radius 2 is 1.64 bits per heavy atom. The number of amides is 1. The van der Waals surface area contributed by atoms with Crippen LogP contribution in [0.15, 0.2) is 66.7 Å². The van der Waals surface area contributed by atoms with Gasteiger partial charge in [0.2, 0.25) is 0 Å². The van der Waals surface area contributed by atoms with E-state index >= 15 is 0 Å². The second-order valence-electron chi connectivity index (χ2n) is 5.90. The van der Waals surface area contributed by atoms with Gasteiger partial charge in [-0.3, -0.25) is 4.79 Å². The van der Waals surface area contributed by atoms with Gasteiger partial charge in [0.25, 0.3) is 5.91 Å². The molecule has 1 aromatic heterocycles. The Hall–Kier alpha value is -3.21. The van der Waals surface area contributed by atoms with E-state index < -0.39 is 0 Å². The lowest BCUT2D eigenvalue weighted by molar-refractivity contribution is 0.102. The minimum absolute atomic E-state index is 0.114. The Bertz CT molecular complexity index is 847. The van der Waals surface area contributed by atoms with Crippen molar-refractivity contribution >= 4 is 17.5 Å². The third kappa shape index (κ3) is 4.41. The molecule has 0 spiro atoms. The Kier molecular flexibility index (Phi) is 5.04. The van der Waals surface area contributed by atoms with Crippen LogP contribution in [0.1, 0.15) is 34.5 Å². The molecule has 126 valence electrons. The molecule has 1 heterocycles. The van der Waals surface area contributed by atoms with Crippen LogP contribution in [0.25, 0.3) is 0 Å². The summed E-state index contributed by atoms with van der Waals surface area (Å²) in [6.07, 6.45) is 0. The summed E-state index contributed by atoms with van der Waals surface area (Å²) in [5, 5.41) is 14.3. The van der Waals surface area contributed by atoms with E-state index in [9.17, 15) is 4.79 Å². The van der Waals surface area contributed by atoms with Gasteiger partial charge in [-0.05, 0) is 43.7 Å². The molecule has 5 nitrogen and oxygen atoms in total. The van der Waals surface area contributed by atoms with Crippen molar-refractivity contribution in [1.82, 2.24) is 10.2 Å². The summed E-state index contributed by atoms with van der Waals surface area (Å²) in [5.41, 5.74) is 2.80. The molecule has 0 fully saturated rings. The predicted octanol–water partition coefficient (Wildman–Crippen LogP) is 4.21. The van der Waals surface area contributed by atoms with E-state index in [0.717, 1.165) is 5.56 Å². The molecule has 3 aromatic rings. The summed E-state index contributed by atoms with van der Waals surface area (Å²) in [7, 11) is 0. The highest BCUT2D eigenvalue weighted by Crippen LogP contribution is 2.17. The van der Waals surface area contributed by atoms with Gasteiger partial charge in [0.15, 0.2) is 5.82 Å². The van der Waals surface area contributed by atoms with E-state index in [1.54, 1.807) is 18.2 Å². The summed E-state index contributed by atoms with van der Waals surface area (Å²) in [6.45, 7) is 4.01. The van der Waals surface area contributed by atoms with Gasteiger partial charge in [-0.15, -0.1) is 10.2 Å². The standard InChI is InChI=1S/C20H20N4O/c1-14-7-6-10-17(13-14)20(25)22-19-12-11-18(23-24-19)21-15(2)16-8-4-3-5-9-16/h3-13,15H,1-2H3,(H,21,23)(H,22,24,25). The van der Waals surface area contributed by atoms with E-state index in [1.807, 2.05) is 43.3 Å². The first-order valence-corrected chi connectivity index (χ1v) is 8.15. The molecule has 0 saturated carbocycles. The van der Waals surface area contributed by atoms with E-state index in [4.69, 9.17) is 0 Å². The van der Waals surface area contributed by atoms with Gasteiger partial charge >= 0.3 is 0 Å². The van der Waals surface area contributed by atoms with Crippen molar-refractivity contribution in [3.8, 4) is 0 Å². The quantitative estimate of drug-likeness (QED) is 0.734. The maximum absolute atomic E-state index is 12.2. The molecule has 2 aromatic carbocycles. The lowest BCUT2D eigenvalue weighted by Crippen LogP contribution is -2.14. The summed E-state index contributed by atoms with van der Waals surface area (Å²) >= 11 is 0. The zero-order valence-corrected chi connectivity index (χ0v) is 14.2. The zero-order chi connectivity index (χ0) is 17.6. The Balaban J connectivity index is 1.63. The minimum Gasteiger partial charge on any atom is -0.362 e. The third-order valence-corrected chi connectivity index (χ3v) is 3.85. The molecule has 0 aliphatic rings. The summed E-state index contributed by atoms with van der Waals surface area (Å²) < 4.78 is 0. The molecule has 0 saturated heterocycles. The molecule has 25 heavy (non-hydrogen) atoms. The number of hydrogen-bond donors (Lipinski definition) is 2. The van der Waals surface area contributed by atoms with E-state index in [-0.39, 0.29) is 11.9 Å². The first-order valence-electron chi connectivity index (χ1n) is 8.15. The van der Waals surface area contributed by atoms with Crippen molar-refractivity contribution < 1.29 is 4.79 Å². The number of anilines is 2. The fourth-order valence-electron chi connectivity index (χ4n) is 2.50. The predicted molar refractivity (Wildman–Crippen MR) is 99.6 cm³/mol. The average molecular weight is 332 g/mol. The Morgan fingerprint density at radius 3 is 2.32 bits per heavy atom. The molecule has 0 bridgehead atoms. The molecular weight excluding hydrogens is 312 g/mol. The summed E-state index contributed by atoms with van der Waals surface area (Å²) in [6, 6.07) is 21.2. The fraction of sp³-hybridized carbons (Fsp3) is 0.150. The SMILES string of the molecule is Cc1cccc(C(=O)Nc2ccc(NC(C)c3ccccc3)nn2)c1. The molecule has 0 aliphatic carbocycles. The van der Waals surface area contributed by atoms with Crippen molar-refractivity contribution in [1.29, 1.82) is 0 Å². The number of nitrogens with zero attached hydrogens (tertiary/aromatic N) is 2. The smallest absolute Gasteiger partial charge is 0.256 e. The van der Waals surface area contributed by atoms with Crippen molar-refractivity contribution in [3.05, 3.63) is 83.4 Å². The topological polar surface area (TPSA) is 66.9 Å². The second-order valence-corrected chi connectivity index (χ2v) is 5.90. The Labute approximate surface area is 147 Å². The van der Waals surface area contributed by atoms with Gasteiger partial charge in [-0.1, -0.05) is 48.0 Å². The van der Waals surface area contributed by atoms with Crippen LogP contribution in [0.3, 0.4) is 0 Å². The summed E-state index contributed by atoms with van der Waals surface area (Å²) in [4.78, 5) is 12.2. The first kappa shape index (κ1) is 16.6. The van der Waals surface area contributed by atoms with Crippen LogP contribution in [-0.2, 0) is 0 Å². The number of aryl methyl sites for hydroxylation is 1. The van der Waals surface area contributed by atoms with Crippen LogP contribution >= 0.6 is 0 Å². The highest BCUT2D eigenvalue weighted by Gasteiger charge is 2.09. The lowest BCUT2D eigenvalue weighted by Gasteiger charge is -2.14. The van der Waals surface area contributed by atoms with Crippen molar-refractivity contribution in [2.24, 2.45) is 0 Å². The monoisotopic (exact) mass is 332 g/mol. The number of carbonyl (C=O) groups is 1. The van der Waals surface area contributed by atoms with Crippen LogP contribution in [0.4, 0.5) is 11.6 Å². The largest absolute Gasteiger partial charge is 0.362 e. The summed E-state index contributed by atoms with van der Waals surface area (Å²) in [5.74, 6) is 0.880. The van der Waals surface area contributed by atoms with Crippen molar-refractivity contribution in [3.63, 3.8) is 0 Å². The first-order chi connectivity index (χ1) is 12.1. The van der Waals surface area contributed by atoms with Gasteiger partial charge in [-0.25, -0.2) is 0 Å². The van der Waals surface area contributed by atoms with Crippen LogP contribution in [-0.4, -0.2) is 16.1 Å². The number of benzene rings is 2. The van der Waals surface area contributed by atoms with Crippen molar-refractivity contribution in [2.75, 3.05) is 10.6 Å². The number of hydrogen-bond acceptors (Lipinski definition) is 4. The molecule has 1 amide bonds. The molecule has 0 aliphatic heterocycles. The van der Waals surface area contributed by atoms with Crippen LogP contribution in [0.5, 0.6) is 0 Å². The van der Waals surface area contributed by atoms with Crippen LogP contribution in [0, 0.1) is 6.92 Å². The van der Waals surface area contributed by atoms with E-state index in [0.29, 0.717) is 17.2 Å². The molecule has 0 radical (unpaired) electrons. The Morgan fingerprint density at radius 1 is 0.920 bits per heavy atom. The average Bonchev–Trinajstić information content (AvgIpc) is 2.64. The molecule has 1 atom stereocenters. The zero-order valence-electron chi connectivity index (χ0n) is 14.2. The maximum Gasteiger partial charge on any atom is 0.256 e. The number of carbonyl (C=O) groups excluding carboxylic acids is 1. The van der Waals surface area contributed by atoms with Gasteiger partial charge in [0.05, 0.1) is 0 Å². The minimum atomic E-state index is -0.198. The van der Waals surface area contributed by atoms with Crippen molar-refractivity contribution in [2.45, 2.75) is 19.9 Å². The highest BCUT2D eigenvalue weighted by molar-refractivity contribution is 6.03. The lowest BCUT2D eigenvalue weighted by atomic mass is 10.1. The second kappa shape index (κ2) is 7.57.